The zero-order valence-corrected chi connectivity index (χ0v) is 17.2. The maximum atomic E-state index is 12.4. The molecule has 1 atom stereocenters. The molecule has 6 heteroatoms. The van der Waals surface area contributed by atoms with Crippen molar-refractivity contribution in [1.82, 2.24) is 5.32 Å². The molecule has 0 spiro atoms. The van der Waals surface area contributed by atoms with Gasteiger partial charge in [0.05, 0.1) is 27.8 Å². The molecule has 0 heterocycles. The third-order valence-electron chi connectivity index (χ3n) is 4.64. The second-order valence-corrected chi connectivity index (χ2v) is 6.94. The average molecular weight is 386 g/mol. The first-order chi connectivity index (χ1) is 13.4. The molecule has 2 rings (SSSR count). The number of benzene rings is 2. The van der Waals surface area contributed by atoms with Crippen LogP contribution >= 0.6 is 0 Å². The summed E-state index contributed by atoms with van der Waals surface area (Å²) in [5.74, 6) is 1.89. The van der Waals surface area contributed by atoms with Gasteiger partial charge in [-0.1, -0.05) is 38.1 Å². The highest BCUT2D eigenvalue weighted by atomic mass is 16.5. The summed E-state index contributed by atoms with van der Waals surface area (Å²) in [4.78, 5) is 12.4. The van der Waals surface area contributed by atoms with Gasteiger partial charge in [0, 0.05) is 12.6 Å². The van der Waals surface area contributed by atoms with Crippen LogP contribution in [0.1, 0.15) is 42.5 Å². The third-order valence-corrected chi connectivity index (χ3v) is 4.64. The number of nitrogens with one attached hydrogen (secondary N) is 1. The van der Waals surface area contributed by atoms with Gasteiger partial charge in [-0.2, -0.15) is 0 Å². The minimum atomic E-state index is -0.259. The summed E-state index contributed by atoms with van der Waals surface area (Å²) in [5.41, 5.74) is 9.25. The molecule has 2 aromatic carbocycles. The summed E-state index contributed by atoms with van der Waals surface area (Å²) >= 11 is 0. The van der Waals surface area contributed by atoms with Crippen LogP contribution in [0.15, 0.2) is 36.4 Å². The molecule has 1 amide bonds. The Morgan fingerprint density at radius 2 is 1.50 bits per heavy atom. The highest BCUT2D eigenvalue weighted by Crippen LogP contribution is 2.38. The molecule has 152 valence electrons. The summed E-state index contributed by atoms with van der Waals surface area (Å²) in [6.45, 7) is 4.67. The number of carbonyl (C=O) groups is 1. The number of carbonyl (C=O) groups excluding carboxylic acids is 1. The van der Waals surface area contributed by atoms with Crippen LogP contribution < -0.4 is 25.3 Å². The van der Waals surface area contributed by atoms with E-state index in [9.17, 15) is 4.79 Å². The molecule has 0 aliphatic heterocycles. The SMILES string of the molecule is COc1cc(CC(=O)NCC(N)c2ccc(C(C)C)cc2)cc(OC)c1OC. The fraction of sp³-hybridized carbons (Fsp3) is 0.409. The fourth-order valence-corrected chi connectivity index (χ4v) is 2.96. The van der Waals surface area contributed by atoms with Crippen LogP contribution in [0.2, 0.25) is 0 Å². The van der Waals surface area contributed by atoms with Crippen molar-refractivity contribution < 1.29 is 19.0 Å². The normalized spacial score (nSPS) is 11.8. The Hall–Kier alpha value is -2.73. The highest BCUT2D eigenvalue weighted by molar-refractivity contribution is 5.79. The minimum absolute atomic E-state index is 0.122. The lowest BCUT2D eigenvalue weighted by Crippen LogP contribution is -2.32. The molecule has 3 N–H and O–H groups in total. The molecule has 0 bridgehead atoms. The van der Waals surface area contributed by atoms with Gasteiger partial charge < -0.3 is 25.3 Å². The third kappa shape index (κ3) is 5.39. The van der Waals surface area contributed by atoms with Crippen molar-refractivity contribution in [3.63, 3.8) is 0 Å². The second kappa shape index (κ2) is 9.99. The zero-order valence-electron chi connectivity index (χ0n) is 17.2. The van der Waals surface area contributed by atoms with Gasteiger partial charge in [-0.05, 0) is 34.7 Å². The number of hydrogen-bond acceptors (Lipinski definition) is 5. The number of amides is 1. The number of rotatable bonds is 9. The lowest BCUT2D eigenvalue weighted by Gasteiger charge is -2.16. The van der Waals surface area contributed by atoms with Gasteiger partial charge in [0.15, 0.2) is 11.5 Å². The Morgan fingerprint density at radius 1 is 0.964 bits per heavy atom. The molecule has 0 saturated heterocycles. The number of nitrogens with two attached hydrogens (primary N) is 1. The molecule has 0 aromatic heterocycles. The van der Waals surface area contributed by atoms with E-state index in [4.69, 9.17) is 19.9 Å². The monoisotopic (exact) mass is 386 g/mol. The molecule has 6 nitrogen and oxygen atoms in total. The van der Waals surface area contributed by atoms with Crippen molar-refractivity contribution >= 4 is 5.91 Å². The van der Waals surface area contributed by atoms with E-state index >= 15 is 0 Å². The number of ether oxygens (including phenoxy) is 3. The predicted octanol–water partition coefficient (Wildman–Crippen LogP) is 3.19. The number of hydrogen-bond donors (Lipinski definition) is 2. The van der Waals surface area contributed by atoms with E-state index in [0.29, 0.717) is 29.7 Å². The quantitative estimate of drug-likeness (QED) is 0.692. The molecule has 0 aliphatic rings. The van der Waals surface area contributed by atoms with E-state index < -0.39 is 0 Å². The Kier molecular flexibility index (Phi) is 7.70. The largest absolute Gasteiger partial charge is 0.493 e. The maximum Gasteiger partial charge on any atom is 0.224 e. The molecular weight excluding hydrogens is 356 g/mol. The van der Waals surface area contributed by atoms with Crippen molar-refractivity contribution in [1.29, 1.82) is 0 Å². The molecule has 0 fully saturated rings. The van der Waals surface area contributed by atoms with E-state index in [-0.39, 0.29) is 18.4 Å². The first kappa shape index (κ1) is 21.6. The molecule has 2 aromatic rings. The van der Waals surface area contributed by atoms with Crippen LogP contribution in [0.4, 0.5) is 0 Å². The van der Waals surface area contributed by atoms with Crippen molar-refractivity contribution in [2.24, 2.45) is 5.73 Å². The number of methoxy groups -OCH3 is 3. The average Bonchev–Trinajstić information content (AvgIpc) is 2.71. The first-order valence-corrected chi connectivity index (χ1v) is 9.30. The van der Waals surface area contributed by atoms with Gasteiger partial charge in [-0.15, -0.1) is 0 Å². The molecule has 28 heavy (non-hydrogen) atoms. The molecular formula is C22H30N2O4. The van der Waals surface area contributed by atoms with Crippen LogP contribution in [0, 0.1) is 0 Å². The summed E-state index contributed by atoms with van der Waals surface area (Å²) in [6, 6.07) is 11.5. The van der Waals surface area contributed by atoms with E-state index in [2.05, 4.69) is 31.3 Å². The standard InChI is InChI=1S/C22H30N2O4/c1-14(2)16-6-8-17(9-7-16)18(23)13-24-21(25)12-15-10-19(26-3)22(28-5)20(11-15)27-4/h6-11,14,18H,12-13,23H2,1-5H3,(H,24,25). The Bertz CT molecular complexity index is 763. The van der Waals surface area contributed by atoms with E-state index in [1.54, 1.807) is 33.5 Å². The Labute approximate surface area is 167 Å². The van der Waals surface area contributed by atoms with Crippen molar-refractivity contribution in [3.8, 4) is 17.2 Å². The van der Waals surface area contributed by atoms with Gasteiger partial charge in [-0.3, -0.25) is 4.79 Å². The van der Waals surface area contributed by atoms with Crippen molar-refractivity contribution in [2.45, 2.75) is 32.2 Å². The maximum absolute atomic E-state index is 12.4. The predicted molar refractivity (Wildman–Crippen MR) is 110 cm³/mol. The van der Waals surface area contributed by atoms with Gasteiger partial charge in [0.25, 0.3) is 0 Å². The van der Waals surface area contributed by atoms with Crippen molar-refractivity contribution in [3.05, 3.63) is 53.1 Å². The van der Waals surface area contributed by atoms with Crippen LogP contribution in [-0.2, 0) is 11.2 Å². The lowest BCUT2D eigenvalue weighted by atomic mass is 9.99. The Morgan fingerprint density at radius 3 is 1.96 bits per heavy atom. The summed E-state index contributed by atoms with van der Waals surface area (Å²) in [6.07, 6.45) is 0.190. The second-order valence-electron chi connectivity index (χ2n) is 6.94. The van der Waals surface area contributed by atoms with E-state index in [1.165, 1.54) is 5.56 Å². The van der Waals surface area contributed by atoms with Crippen LogP contribution in [0.25, 0.3) is 0 Å². The first-order valence-electron chi connectivity index (χ1n) is 9.30. The fourth-order valence-electron chi connectivity index (χ4n) is 2.96. The van der Waals surface area contributed by atoms with E-state index in [1.807, 2.05) is 12.1 Å². The summed E-state index contributed by atoms with van der Waals surface area (Å²) < 4.78 is 16.0. The van der Waals surface area contributed by atoms with Crippen molar-refractivity contribution in [2.75, 3.05) is 27.9 Å². The van der Waals surface area contributed by atoms with Gasteiger partial charge in [0.1, 0.15) is 0 Å². The molecule has 0 aliphatic carbocycles. The smallest absolute Gasteiger partial charge is 0.224 e. The van der Waals surface area contributed by atoms with Gasteiger partial charge in [0.2, 0.25) is 11.7 Å². The Balaban J connectivity index is 1.98. The van der Waals surface area contributed by atoms with Crippen LogP contribution in [0.3, 0.4) is 0 Å². The van der Waals surface area contributed by atoms with E-state index in [0.717, 1.165) is 11.1 Å². The van der Waals surface area contributed by atoms with Gasteiger partial charge in [-0.25, -0.2) is 0 Å². The minimum Gasteiger partial charge on any atom is -0.493 e. The highest BCUT2D eigenvalue weighted by Gasteiger charge is 2.15. The topological polar surface area (TPSA) is 82.8 Å². The molecule has 0 saturated carbocycles. The van der Waals surface area contributed by atoms with Crippen LogP contribution in [0.5, 0.6) is 17.2 Å². The van der Waals surface area contributed by atoms with Gasteiger partial charge >= 0.3 is 0 Å². The van der Waals surface area contributed by atoms with Crippen LogP contribution in [-0.4, -0.2) is 33.8 Å². The zero-order chi connectivity index (χ0) is 20.7. The molecule has 0 radical (unpaired) electrons. The molecule has 1 unspecified atom stereocenters. The summed E-state index contributed by atoms with van der Waals surface area (Å²) in [7, 11) is 4.64. The summed E-state index contributed by atoms with van der Waals surface area (Å²) in [5, 5.41) is 2.89. The lowest BCUT2D eigenvalue weighted by molar-refractivity contribution is -0.120.